The number of nitrogens with zero attached hydrogens (tertiary/aromatic N) is 3. The average Bonchev–Trinajstić information content (AvgIpc) is 3.63. The molecule has 232 valence electrons. The number of halogens is 3. The van der Waals surface area contributed by atoms with Crippen molar-refractivity contribution in [3.63, 3.8) is 0 Å². The Morgan fingerprint density at radius 1 is 1.09 bits per heavy atom. The molecule has 3 aromatic carbocycles. The van der Waals surface area contributed by atoms with Gasteiger partial charge in [-0.15, -0.1) is 0 Å². The van der Waals surface area contributed by atoms with Crippen molar-refractivity contribution in [2.75, 3.05) is 32.1 Å². The Hall–Kier alpha value is -4.36. The van der Waals surface area contributed by atoms with Gasteiger partial charge >= 0.3 is 16.3 Å². The topological polar surface area (TPSA) is 106 Å². The molecule has 44 heavy (non-hydrogen) atoms. The first-order valence-electron chi connectivity index (χ1n) is 13.9. The van der Waals surface area contributed by atoms with Crippen LogP contribution in [0.2, 0.25) is 0 Å². The summed E-state index contributed by atoms with van der Waals surface area (Å²) in [5.74, 6) is -0.348. The maximum absolute atomic E-state index is 13.3. The Morgan fingerprint density at radius 2 is 1.86 bits per heavy atom. The number of hydrogen-bond donors (Lipinski definition) is 2. The first-order chi connectivity index (χ1) is 20.8. The third kappa shape index (κ3) is 7.05. The lowest BCUT2D eigenvalue weighted by atomic mass is 10.1. The summed E-state index contributed by atoms with van der Waals surface area (Å²) in [6.07, 6.45) is -3.91. The minimum absolute atomic E-state index is 0.0101. The fourth-order valence-corrected chi connectivity index (χ4v) is 5.94. The van der Waals surface area contributed by atoms with E-state index < -0.39 is 26.8 Å². The highest BCUT2D eigenvalue weighted by Gasteiger charge is 2.32. The molecular formula is C31H32F3N5O4S. The van der Waals surface area contributed by atoms with E-state index in [0.717, 1.165) is 48.0 Å². The van der Waals surface area contributed by atoms with E-state index in [1.807, 2.05) is 43.3 Å². The van der Waals surface area contributed by atoms with E-state index in [1.165, 1.54) is 6.07 Å². The smallest absolute Gasteiger partial charge is 0.378 e. The molecule has 1 atom stereocenters. The highest BCUT2D eigenvalue weighted by atomic mass is 32.2. The summed E-state index contributed by atoms with van der Waals surface area (Å²) in [4.78, 5) is 14.3. The summed E-state index contributed by atoms with van der Waals surface area (Å²) in [5, 5.41) is 10.9. The van der Waals surface area contributed by atoms with Crippen molar-refractivity contribution in [1.29, 1.82) is 0 Å². The normalized spacial score (nSPS) is 15.3. The lowest BCUT2D eigenvalue weighted by Crippen LogP contribution is -2.38. The first-order valence-corrected chi connectivity index (χ1v) is 15.3. The van der Waals surface area contributed by atoms with Gasteiger partial charge in [-0.25, -0.2) is 0 Å². The van der Waals surface area contributed by atoms with E-state index in [0.29, 0.717) is 29.6 Å². The van der Waals surface area contributed by atoms with Crippen LogP contribution in [0.25, 0.3) is 22.5 Å². The van der Waals surface area contributed by atoms with Gasteiger partial charge in [-0.1, -0.05) is 29.8 Å². The van der Waals surface area contributed by atoms with Gasteiger partial charge in [0.2, 0.25) is 5.91 Å². The minimum atomic E-state index is -4.73. The van der Waals surface area contributed by atoms with Crippen molar-refractivity contribution in [2.45, 2.75) is 37.0 Å². The first kappa shape index (κ1) is 31.1. The molecular weight excluding hydrogens is 595 g/mol. The number of benzene rings is 3. The van der Waals surface area contributed by atoms with E-state index in [4.69, 9.17) is 9.28 Å². The van der Waals surface area contributed by atoms with Crippen LogP contribution in [-0.2, 0) is 27.6 Å². The maximum Gasteiger partial charge on any atom is 0.416 e. The van der Waals surface area contributed by atoms with Gasteiger partial charge in [-0.3, -0.25) is 9.48 Å². The van der Waals surface area contributed by atoms with Crippen LogP contribution in [0.5, 0.6) is 5.75 Å². The molecule has 1 aromatic heterocycles. The zero-order chi connectivity index (χ0) is 31.6. The third-order valence-electron chi connectivity index (χ3n) is 7.22. The molecule has 0 radical (unpaired) electrons. The molecule has 13 heteroatoms. The summed E-state index contributed by atoms with van der Waals surface area (Å²) in [6.45, 7) is 3.20. The minimum Gasteiger partial charge on any atom is -0.378 e. The second-order valence-corrected chi connectivity index (χ2v) is 12.4. The zero-order valence-corrected chi connectivity index (χ0v) is 25.2. The van der Waals surface area contributed by atoms with Crippen LogP contribution in [0.1, 0.15) is 17.5 Å². The van der Waals surface area contributed by atoms with Crippen molar-refractivity contribution >= 4 is 21.7 Å². The number of aromatic nitrogens is 2. The van der Waals surface area contributed by atoms with Crippen molar-refractivity contribution < 1.29 is 30.6 Å². The summed E-state index contributed by atoms with van der Waals surface area (Å²) in [6, 6.07) is 17.5. The highest BCUT2D eigenvalue weighted by molar-refractivity contribution is 7.87. The Morgan fingerprint density at radius 3 is 2.57 bits per heavy atom. The van der Waals surface area contributed by atoms with Gasteiger partial charge in [0.1, 0.15) is 11.4 Å². The number of carbonyl (C=O) groups excluding carboxylic acids is 1. The number of anilines is 1. The Kier molecular flexibility index (Phi) is 8.71. The van der Waals surface area contributed by atoms with Gasteiger partial charge in [0, 0.05) is 43.5 Å². The van der Waals surface area contributed by atoms with Crippen LogP contribution in [-0.4, -0.2) is 57.3 Å². The van der Waals surface area contributed by atoms with Crippen molar-refractivity contribution in [3.8, 4) is 28.3 Å². The second kappa shape index (κ2) is 12.3. The number of amides is 1. The number of nitrogens with one attached hydrogen (secondary N) is 2. The molecule has 4 aromatic rings. The molecule has 1 aliphatic heterocycles. The quantitative estimate of drug-likeness (QED) is 0.256. The zero-order valence-electron chi connectivity index (χ0n) is 24.4. The van der Waals surface area contributed by atoms with Crippen molar-refractivity contribution in [3.05, 3.63) is 83.9 Å². The van der Waals surface area contributed by atoms with Gasteiger partial charge in [-0.2, -0.15) is 26.7 Å². The molecule has 1 aliphatic rings. The predicted molar refractivity (Wildman–Crippen MR) is 161 cm³/mol. The molecule has 0 aliphatic carbocycles. The number of rotatable bonds is 9. The van der Waals surface area contributed by atoms with Crippen LogP contribution >= 0.6 is 0 Å². The van der Waals surface area contributed by atoms with Gasteiger partial charge < -0.3 is 19.7 Å². The molecule has 1 fully saturated rings. The highest BCUT2D eigenvalue weighted by Crippen LogP contribution is 2.36. The number of alkyl halides is 3. The second-order valence-electron chi connectivity index (χ2n) is 10.8. The molecule has 0 saturated carbocycles. The Balaban J connectivity index is 1.55. The molecule has 0 bridgehead atoms. The molecule has 0 unspecified atom stereocenters. The number of hydrogen-bond acceptors (Lipinski definition) is 7. The summed E-state index contributed by atoms with van der Waals surface area (Å²) < 4.78 is 73.2. The van der Waals surface area contributed by atoms with Gasteiger partial charge in [0.15, 0.2) is 5.75 Å². The standard InChI is InChI=1S/C31H32F3N5O4S/c1-20-10-11-29(43-44(41,42)25-9-5-7-22(16-25)31(32,33)34)26(14-20)27-17-28(21-6-4-8-24(15-21)38(2)3)39(37-27)19-30(40)36-23-12-13-35-18-23/h4-11,14-17,23,35H,12-13,18-19H2,1-3H3,(H,36,40)/t23-/m1/s1. The van der Waals surface area contributed by atoms with Crippen LogP contribution in [0.15, 0.2) is 77.7 Å². The number of carbonyl (C=O) groups is 1. The van der Waals surface area contributed by atoms with Crippen LogP contribution in [0.4, 0.5) is 18.9 Å². The molecule has 9 nitrogen and oxygen atoms in total. The van der Waals surface area contributed by atoms with E-state index in [2.05, 4.69) is 10.6 Å². The fourth-order valence-electron chi connectivity index (χ4n) is 4.94. The van der Waals surface area contributed by atoms with Gasteiger partial charge in [0.25, 0.3) is 0 Å². The van der Waals surface area contributed by atoms with Crippen LogP contribution in [0, 0.1) is 6.92 Å². The van der Waals surface area contributed by atoms with Crippen molar-refractivity contribution in [1.82, 2.24) is 20.4 Å². The Bertz CT molecular complexity index is 1780. The number of aryl methyl sites for hydroxylation is 1. The van der Waals surface area contributed by atoms with Crippen molar-refractivity contribution in [2.24, 2.45) is 0 Å². The fraction of sp³-hybridized carbons (Fsp3) is 0.290. The summed E-state index contributed by atoms with van der Waals surface area (Å²) in [5.41, 5.74) is 2.58. The largest absolute Gasteiger partial charge is 0.416 e. The molecule has 2 heterocycles. The average molecular weight is 628 g/mol. The Labute approximate surface area is 253 Å². The van der Waals surface area contributed by atoms with E-state index >= 15 is 0 Å². The van der Waals surface area contributed by atoms with Gasteiger partial charge in [0.05, 0.1) is 17.0 Å². The molecule has 2 N–H and O–H groups in total. The molecule has 1 saturated heterocycles. The molecule has 5 rings (SSSR count). The lowest BCUT2D eigenvalue weighted by Gasteiger charge is -2.15. The third-order valence-corrected chi connectivity index (χ3v) is 8.45. The SMILES string of the molecule is Cc1ccc(OS(=O)(=O)c2cccc(C(F)(F)F)c2)c(-c2cc(-c3cccc(N(C)C)c3)n(CC(=O)N[C@@H]3CCNC3)n2)c1. The van der Waals surface area contributed by atoms with E-state index in [-0.39, 0.29) is 24.2 Å². The predicted octanol–water partition coefficient (Wildman–Crippen LogP) is 4.86. The maximum atomic E-state index is 13.3. The van der Waals surface area contributed by atoms with E-state index in [9.17, 15) is 26.4 Å². The summed E-state index contributed by atoms with van der Waals surface area (Å²) >= 11 is 0. The van der Waals surface area contributed by atoms with Crippen LogP contribution in [0.3, 0.4) is 0 Å². The van der Waals surface area contributed by atoms with Gasteiger partial charge in [-0.05, 0) is 68.4 Å². The molecule has 1 amide bonds. The summed E-state index contributed by atoms with van der Waals surface area (Å²) in [7, 11) is -0.835. The lowest BCUT2D eigenvalue weighted by molar-refractivity contribution is -0.137. The molecule has 0 spiro atoms. The van der Waals surface area contributed by atoms with Crippen LogP contribution < -0.4 is 19.7 Å². The monoisotopic (exact) mass is 627 g/mol. The van der Waals surface area contributed by atoms with E-state index in [1.54, 1.807) is 29.8 Å².